The highest BCUT2D eigenvalue weighted by molar-refractivity contribution is 5.93. The SMILES string of the molecule is COC(=O)C1CC(=O)N(CCNC(=O)c2cccnc2)C1. The molecule has 2 rings (SSSR count). The third-order valence-electron chi connectivity index (χ3n) is 3.34. The van der Waals surface area contributed by atoms with Crippen LogP contribution >= 0.6 is 0 Å². The fourth-order valence-corrected chi connectivity index (χ4v) is 2.22. The molecule has 0 aromatic carbocycles. The summed E-state index contributed by atoms with van der Waals surface area (Å²) in [6.45, 7) is 1.04. The molecule has 0 bridgehead atoms. The molecule has 1 aliphatic heterocycles. The number of carbonyl (C=O) groups excluding carboxylic acids is 3. The number of hydrogen-bond donors (Lipinski definition) is 1. The number of nitrogens with one attached hydrogen (secondary N) is 1. The molecule has 7 heteroatoms. The number of pyridine rings is 1. The summed E-state index contributed by atoms with van der Waals surface area (Å²) in [5.41, 5.74) is 0.470. The minimum atomic E-state index is -0.406. The lowest BCUT2D eigenvalue weighted by Crippen LogP contribution is -2.36. The first kappa shape index (κ1) is 15.0. The lowest BCUT2D eigenvalue weighted by Gasteiger charge is -2.16. The van der Waals surface area contributed by atoms with Gasteiger partial charge in [0.1, 0.15) is 0 Å². The predicted octanol–water partition coefficient (Wildman–Crippen LogP) is -0.167. The molecule has 7 nitrogen and oxygen atoms in total. The number of ether oxygens (including phenoxy) is 1. The Bertz CT molecular complexity index is 532. The molecule has 1 atom stereocenters. The summed E-state index contributed by atoms with van der Waals surface area (Å²) >= 11 is 0. The van der Waals surface area contributed by atoms with E-state index in [2.05, 4.69) is 15.0 Å². The topological polar surface area (TPSA) is 88.6 Å². The van der Waals surface area contributed by atoms with Crippen molar-refractivity contribution in [3.05, 3.63) is 30.1 Å². The Morgan fingerprint density at radius 2 is 2.33 bits per heavy atom. The van der Waals surface area contributed by atoms with Crippen LogP contribution in [0.1, 0.15) is 16.8 Å². The summed E-state index contributed by atoms with van der Waals surface area (Å²) in [5, 5.41) is 2.72. The molecule has 21 heavy (non-hydrogen) atoms. The summed E-state index contributed by atoms with van der Waals surface area (Å²) in [5.74, 6) is -1.11. The normalized spacial score (nSPS) is 17.7. The van der Waals surface area contributed by atoms with Crippen molar-refractivity contribution in [3.63, 3.8) is 0 Å². The molecular formula is C14H17N3O4. The monoisotopic (exact) mass is 291 g/mol. The van der Waals surface area contributed by atoms with Crippen LogP contribution in [-0.2, 0) is 14.3 Å². The predicted molar refractivity (Wildman–Crippen MR) is 73.3 cm³/mol. The number of aromatic nitrogens is 1. The van der Waals surface area contributed by atoms with Gasteiger partial charge in [0, 0.05) is 38.4 Å². The molecule has 1 aliphatic rings. The zero-order chi connectivity index (χ0) is 15.2. The second-order valence-electron chi connectivity index (χ2n) is 4.76. The largest absolute Gasteiger partial charge is 0.469 e. The van der Waals surface area contributed by atoms with Crippen LogP contribution in [0.5, 0.6) is 0 Å². The van der Waals surface area contributed by atoms with Crippen LogP contribution in [0.15, 0.2) is 24.5 Å². The zero-order valence-corrected chi connectivity index (χ0v) is 11.7. The molecule has 112 valence electrons. The molecule has 1 N–H and O–H groups in total. The maximum absolute atomic E-state index is 11.8. The Labute approximate surface area is 122 Å². The zero-order valence-electron chi connectivity index (χ0n) is 11.7. The lowest BCUT2D eigenvalue weighted by atomic mass is 10.1. The van der Waals surface area contributed by atoms with E-state index >= 15 is 0 Å². The van der Waals surface area contributed by atoms with E-state index in [4.69, 9.17) is 0 Å². The van der Waals surface area contributed by atoms with Crippen molar-refractivity contribution in [1.29, 1.82) is 0 Å². The van der Waals surface area contributed by atoms with Gasteiger partial charge in [-0.1, -0.05) is 0 Å². The van der Waals surface area contributed by atoms with Crippen LogP contribution in [0.2, 0.25) is 0 Å². The highest BCUT2D eigenvalue weighted by atomic mass is 16.5. The molecule has 1 aromatic rings. The fourth-order valence-electron chi connectivity index (χ4n) is 2.22. The summed E-state index contributed by atoms with van der Waals surface area (Å²) in [6.07, 6.45) is 3.24. The average Bonchev–Trinajstić information content (AvgIpc) is 2.88. The van der Waals surface area contributed by atoms with Crippen molar-refractivity contribution >= 4 is 17.8 Å². The van der Waals surface area contributed by atoms with Crippen molar-refractivity contribution in [2.24, 2.45) is 5.92 Å². The molecule has 0 saturated carbocycles. The number of hydrogen-bond acceptors (Lipinski definition) is 5. The van der Waals surface area contributed by atoms with E-state index in [1.807, 2.05) is 0 Å². The molecule has 2 amide bonds. The van der Waals surface area contributed by atoms with Gasteiger partial charge in [-0.05, 0) is 12.1 Å². The summed E-state index contributed by atoms with van der Waals surface area (Å²) in [6, 6.07) is 3.34. The summed E-state index contributed by atoms with van der Waals surface area (Å²) in [7, 11) is 1.31. The van der Waals surface area contributed by atoms with Gasteiger partial charge in [0.15, 0.2) is 0 Å². The first-order chi connectivity index (χ1) is 10.1. The lowest BCUT2D eigenvalue weighted by molar-refractivity contribution is -0.145. The standard InChI is InChI=1S/C14H17N3O4/c1-21-14(20)11-7-12(18)17(9-11)6-5-16-13(19)10-3-2-4-15-8-10/h2-4,8,11H,5-7,9H2,1H3,(H,16,19). The molecule has 0 spiro atoms. The van der Waals surface area contributed by atoms with Crippen molar-refractivity contribution in [2.75, 3.05) is 26.7 Å². The van der Waals surface area contributed by atoms with Gasteiger partial charge in [0.2, 0.25) is 5.91 Å². The van der Waals surface area contributed by atoms with Crippen molar-refractivity contribution in [1.82, 2.24) is 15.2 Å². The second kappa shape index (κ2) is 6.83. The first-order valence-electron chi connectivity index (χ1n) is 6.65. The van der Waals surface area contributed by atoms with Crippen molar-refractivity contribution in [3.8, 4) is 0 Å². The Kier molecular flexibility index (Phi) is 4.86. The first-order valence-corrected chi connectivity index (χ1v) is 6.65. The summed E-state index contributed by atoms with van der Waals surface area (Å²) < 4.78 is 4.64. The van der Waals surface area contributed by atoms with E-state index in [0.717, 1.165) is 0 Å². The maximum Gasteiger partial charge on any atom is 0.310 e. The van der Waals surface area contributed by atoms with E-state index in [0.29, 0.717) is 25.2 Å². The quantitative estimate of drug-likeness (QED) is 0.761. The van der Waals surface area contributed by atoms with Crippen LogP contribution in [0, 0.1) is 5.92 Å². The Morgan fingerprint density at radius 1 is 1.52 bits per heavy atom. The van der Waals surface area contributed by atoms with Crippen LogP contribution in [0.4, 0.5) is 0 Å². The molecular weight excluding hydrogens is 274 g/mol. The van der Waals surface area contributed by atoms with Gasteiger partial charge in [0.25, 0.3) is 5.91 Å². The van der Waals surface area contributed by atoms with Gasteiger partial charge in [-0.3, -0.25) is 19.4 Å². The average molecular weight is 291 g/mol. The van der Waals surface area contributed by atoms with E-state index < -0.39 is 5.92 Å². The molecule has 0 aliphatic carbocycles. The van der Waals surface area contributed by atoms with Gasteiger partial charge >= 0.3 is 5.97 Å². The number of methoxy groups -OCH3 is 1. The van der Waals surface area contributed by atoms with E-state index in [1.54, 1.807) is 23.2 Å². The molecule has 2 heterocycles. The number of esters is 1. The second-order valence-corrected chi connectivity index (χ2v) is 4.76. The molecule has 1 unspecified atom stereocenters. The highest BCUT2D eigenvalue weighted by Gasteiger charge is 2.34. The summed E-state index contributed by atoms with van der Waals surface area (Å²) in [4.78, 5) is 40.4. The minimum absolute atomic E-state index is 0.0963. The van der Waals surface area contributed by atoms with E-state index in [9.17, 15) is 14.4 Å². The molecule has 1 saturated heterocycles. The van der Waals surface area contributed by atoms with Crippen LogP contribution in [-0.4, -0.2) is 54.4 Å². The number of amides is 2. The van der Waals surface area contributed by atoms with Gasteiger partial charge < -0.3 is 15.0 Å². The van der Waals surface area contributed by atoms with E-state index in [1.165, 1.54) is 13.3 Å². The van der Waals surface area contributed by atoms with Gasteiger partial charge in [-0.25, -0.2) is 0 Å². The number of rotatable bonds is 5. The molecule has 1 fully saturated rings. The maximum atomic E-state index is 11.8. The van der Waals surface area contributed by atoms with Crippen LogP contribution in [0.3, 0.4) is 0 Å². The minimum Gasteiger partial charge on any atom is -0.469 e. The molecule has 0 radical (unpaired) electrons. The van der Waals surface area contributed by atoms with Crippen molar-refractivity contribution < 1.29 is 19.1 Å². The van der Waals surface area contributed by atoms with E-state index in [-0.39, 0.29) is 24.2 Å². The third-order valence-corrected chi connectivity index (χ3v) is 3.34. The van der Waals surface area contributed by atoms with Crippen molar-refractivity contribution in [2.45, 2.75) is 6.42 Å². The Balaban J connectivity index is 1.78. The third kappa shape index (κ3) is 3.77. The number of likely N-dealkylation sites (tertiary alicyclic amines) is 1. The fraction of sp³-hybridized carbons (Fsp3) is 0.429. The Morgan fingerprint density at radius 3 is 3.00 bits per heavy atom. The number of nitrogens with zero attached hydrogens (tertiary/aromatic N) is 2. The highest BCUT2D eigenvalue weighted by Crippen LogP contribution is 2.18. The van der Waals surface area contributed by atoms with Gasteiger partial charge in [-0.15, -0.1) is 0 Å². The molecule has 1 aromatic heterocycles. The number of carbonyl (C=O) groups is 3. The van der Waals surface area contributed by atoms with Crippen LogP contribution in [0.25, 0.3) is 0 Å². The van der Waals surface area contributed by atoms with Gasteiger partial charge in [-0.2, -0.15) is 0 Å². The smallest absolute Gasteiger partial charge is 0.310 e. The van der Waals surface area contributed by atoms with Gasteiger partial charge in [0.05, 0.1) is 18.6 Å². The Hall–Kier alpha value is -2.44. The van der Waals surface area contributed by atoms with Crippen LogP contribution < -0.4 is 5.32 Å².